The number of rotatable bonds is 7. The number of anilines is 1. The van der Waals surface area contributed by atoms with E-state index in [2.05, 4.69) is 0 Å². The maximum atomic E-state index is 14.0. The van der Waals surface area contributed by atoms with Crippen molar-refractivity contribution in [1.29, 1.82) is 0 Å². The molecule has 0 aliphatic carbocycles. The molecule has 0 bridgehead atoms. The van der Waals surface area contributed by atoms with E-state index in [1.54, 1.807) is 18.2 Å². The topological polar surface area (TPSA) is 76.1 Å². The Morgan fingerprint density at radius 2 is 1.86 bits per heavy atom. The first kappa shape index (κ1) is 25.8. The van der Waals surface area contributed by atoms with Gasteiger partial charge in [-0.2, -0.15) is 13.2 Å². The fourth-order valence-electron chi connectivity index (χ4n) is 4.67. The van der Waals surface area contributed by atoms with Crippen molar-refractivity contribution in [2.45, 2.75) is 56.7 Å². The lowest BCUT2D eigenvalue weighted by Crippen LogP contribution is -2.52. The van der Waals surface area contributed by atoms with Crippen LogP contribution in [0.3, 0.4) is 0 Å². The quantitative estimate of drug-likeness (QED) is 0.578. The number of nitrogens with zero attached hydrogens (tertiary/aromatic N) is 1. The number of benzene rings is 2. The summed E-state index contributed by atoms with van der Waals surface area (Å²) in [6.45, 7) is 3.43. The Kier molecular flexibility index (Phi) is 7.63. The monoisotopic (exact) mass is 513 g/mol. The Bertz CT molecular complexity index is 1130. The maximum absolute atomic E-state index is 14.0. The van der Waals surface area contributed by atoms with E-state index >= 15 is 0 Å². The van der Waals surface area contributed by atoms with Gasteiger partial charge in [0.15, 0.2) is 0 Å². The van der Waals surface area contributed by atoms with Gasteiger partial charge < -0.3 is 14.6 Å². The van der Waals surface area contributed by atoms with Crippen molar-refractivity contribution in [1.82, 2.24) is 0 Å². The maximum Gasteiger partial charge on any atom is 0.409 e. The molecule has 2 heterocycles. The summed E-state index contributed by atoms with van der Waals surface area (Å²) >= 11 is 0. The van der Waals surface area contributed by atoms with Crippen LogP contribution in [0, 0.1) is 5.92 Å². The van der Waals surface area contributed by atoms with Crippen LogP contribution in [0.15, 0.2) is 42.5 Å². The molecule has 1 N–H and O–H groups in total. The van der Waals surface area contributed by atoms with E-state index in [4.69, 9.17) is 9.47 Å². The third-order valence-electron chi connectivity index (χ3n) is 6.69. The minimum atomic E-state index is -4.88. The summed E-state index contributed by atoms with van der Waals surface area (Å²) < 4.78 is 80.8. The summed E-state index contributed by atoms with van der Waals surface area (Å²) in [5.41, 5.74) is -0.938. The highest BCUT2D eigenvalue weighted by Crippen LogP contribution is 2.43. The van der Waals surface area contributed by atoms with Gasteiger partial charge in [0, 0.05) is 18.8 Å². The van der Waals surface area contributed by atoms with E-state index in [0.717, 1.165) is 18.4 Å². The van der Waals surface area contributed by atoms with Gasteiger partial charge in [0.1, 0.15) is 11.8 Å². The highest BCUT2D eigenvalue weighted by atomic mass is 32.2. The SMILES string of the molecule is CCc1ccc2c(c1)CCC(C(F)(F)F)N2S(=O)(=O)C(O)c1ccccc1OCC1CCOCC1. The van der Waals surface area contributed by atoms with Gasteiger partial charge in [-0.15, -0.1) is 0 Å². The summed E-state index contributed by atoms with van der Waals surface area (Å²) in [7, 11) is -4.88. The minimum Gasteiger partial charge on any atom is -0.493 e. The molecule has 6 nitrogen and oxygen atoms in total. The van der Waals surface area contributed by atoms with E-state index in [1.165, 1.54) is 24.3 Å². The lowest BCUT2D eigenvalue weighted by atomic mass is 9.95. The molecule has 2 unspecified atom stereocenters. The summed E-state index contributed by atoms with van der Waals surface area (Å²) in [5.74, 6) is 0.346. The van der Waals surface area contributed by atoms with Crippen molar-refractivity contribution in [2.75, 3.05) is 24.1 Å². The van der Waals surface area contributed by atoms with Gasteiger partial charge >= 0.3 is 6.18 Å². The van der Waals surface area contributed by atoms with E-state index in [9.17, 15) is 26.7 Å². The number of ether oxygens (including phenoxy) is 2. The number of aliphatic hydroxyl groups is 1. The van der Waals surface area contributed by atoms with Gasteiger partial charge in [0.05, 0.1) is 12.3 Å². The highest BCUT2D eigenvalue weighted by Gasteiger charge is 2.52. The zero-order valence-corrected chi connectivity index (χ0v) is 20.3. The molecule has 0 saturated carbocycles. The van der Waals surface area contributed by atoms with Gasteiger partial charge in [-0.1, -0.05) is 37.3 Å². The van der Waals surface area contributed by atoms with Gasteiger partial charge in [-0.25, -0.2) is 8.42 Å². The van der Waals surface area contributed by atoms with Crippen LogP contribution < -0.4 is 9.04 Å². The third kappa shape index (κ3) is 5.44. The second-order valence-corrected chi connectivity index (χ2v) is 10.9. The van der Waals surface area contributed by atoms with Crippen LogP contribution in [0.25, 0.3) is 0 Å². The summed E-state index contributed by atoms with van der Waals surface area (Å²) in [4.78, 5) is 0. The second-order valence-electron chi connectivity index (χ2n) is 9.01. The van der Waals surface area contributed by atoms with Gasteiger partial charge in [0.2, 0.25) is 5.44 Å². The van der Waals surface area contributed by atoms with Crippen LogP contribution in [-0.2, 0) is 27.6 Å². The lowest BCUT2D eigenvalue weighted by Gasteiger charge is -2.40. The zero-order chi connectivity index (χ0) is 25.2. The molecular weight excluding hydrogens is 483 g/mol. The molecule has 10 heteroatoms. The van der Waals surface area contributed by atoms with Crippen molar-refractivity contribution >= 4 is 15.7 Å². The molecule has 2 atom stereocenters. The number of aliphatic hydroxyl groups excluding tert-OH is 1. The Hall–Kier alpha value is -2.30. The molecule has 2 aromatic rings. The minimum absolute atomic E-state index is 0.0459. The second kappa shape index (κ2) is 10.4. The molecule has 1 saturated heterocycles. The largest absolute Gasteiger partial charge is 0.493 e. The predicted octanol–water partition coefficient (Wildman–Crippen LogP) is 4.76. The van der Waals surface area contributed by atoms with Gasteiger partial charge in [0.25, 0.3) is 10.0 Å². The average Bonchev–Trinajstić information content (AvgIpc) is 2.86. The first-order valence-corrected chi connectivity index (χ1v) is 13.3. The molecule has 1 fully saturated rings. The summed E-state index contributed by atoms with van der Waals surface area (Å²) in [5, 5.41) is 11.0. The predicted molar refractivity (Wildman–Crippen MR) is 126 cm³/mol. The average molecular weight is 514 g/mol. The molecule has 192 valence electrons. The van der Waals surface area contributed by atoms with E-state index < -0.39 is 34.1 Å². The molecule has 4 rings (SSSR count). The Morgan fingerprint density at radius 1 is 1.14 bits per heavy atom. The lowest BCUT2D eigenvalue weighted by molar-refractivity contribution is -0.147. The smallest absolute Gasteiger partial charge is 0.409 e. The molecule has 35 heavy (non-hydrogen) atoms. The van der Waals surface area contributed by atoms with E-state index in [1.807, 2.05) is 6.92 Å². The first-order chi connectivity index (χ1) is 16.6. The zero-order valence-electron chi connectivity index (χ0n) is 19.5. The molecule has 0 amide bonds. The Balaban J connectivity index is 1.68. The molecule has 0 radical (unpaired) electrons. The molecule has 0 aromatic heterocycles. The van der Waals surface area contributed by atoms with Crippen LogP contribution in [0.4, 0.5) is 18.9 Å². The standard InChI is InChI=1S/C25H30F3NO5S/c1-2-17-7-9-21-19(15-17)8-10-23(25(26,27)28)29(21)35(31,32)24(30)20-5-3-4-6-22(20)34-16-18-11-13-33-14-12-18/h3-7,9,15,18,23-24,30H,2,8,10-14,16H2,1H3. The Morgan fingerprint density at radius 3 is 2.54 bits per heavy atom. The van der Waals surface area contributed by atoms with Gasteiger partial charge in [-0.3, -0.25) is 4.31 Å². The van der Waals surface area contributed by atoms with Gasteiger partial charge in [-0.05, 0) is 61.3 Å². The number of hydrogen-bond donors (Lipinski definition) is 1. The van der Waals surface area contributed by atoms with E-state index in [0.29, 0.717) is 36.1 Å². The summed E-state index contributed by atoms with van der Waals surface area (Å²) in [6, 6.07) is 8.54. The highest BCUT2D eigenvalue weighted by molar-refractivity contribution is 7.92. The van der Waals surface area contributed by atoms with Crippen LogP contribution in [0.1, 0.15) is 48.3 Å². The number of sulfonamides is 1. The third-order valence-corrected chi connectivity index (χ3v) is 8.51. The number of hydrogen-bond acceptors (Lipinski definition) is 5. The first-order valence-electron chi connectivity index (χ1n) is 11.8. The number of halogens is 3. The van der Waals surface area contributed by atoms with Crippen LogP contribution >= 0.6 is 0 Å². The molecule has 2 aliphatic rings. The van der Waals surface area contributed by atoms with Crippen molar-refractivity contribution in [3.8, 4) is 5.75 Å². The molecule has 0 spiro atoms. The van der Waals surface area contributed by atoms with Crippen molar-refractivity contribution in [3.63, 3.8) is 0 Å². The number of fused-ring (bicyclic) bond motifs is 1. The molecule has 2 aromatic carbocycles. The van der Waals surface area contributed by atoms with Crippen LogP contribution in [0.5, 0.6) is 5.75 Å². The fourth-order valence-corrected chi connectivity index (χ4v) is 6.43. The fraction of sp³-hybridized carbons (Fsp3) is 0.520. The van der Waals surface area contributed by atoms with Crippen LogP contribution in [-0.4, -0.2) is 45.6 Å². The Labute approximate surface area is 203 Å². The summed E-state index contributed by atoms with van der Waals surface area (Å²) in [6.07, 6.45) is -2.87. The van der Waals surface area contributed by atoms with Crippen LogP contribution in [0.2, 0.25) is 0 Å². The normalized spacial score (nSPS) is 20.4. The van der Waals surface area contributed by atoms with Crippen molar-refractivity contribution in [3.05, 3.63) is 59.2 Å². The number of para-hydroxylation sites is 1. The van der Waals surface area contributed by atoms with Crippen molar-refractivity contribution in [2.24, 2.45) is 5.92 Å². The van der Waals surface area contributed by atoms with E-state index in [-0.39, 0.29) is 29.3 Å². The molecular formula is C25H30F3NO5S. The number of aryl methyl sites for hydroxylation is 2. The van der Waals surface area contributed by atoms with Crippen molar-refractivity contribution < 1.29 is 36.2 Å². The number of alkyl halides is 3. The molecule has 2 aliphatic heterocycles.